The molecule has 0 N–H and O–H groups in total. The minimum absolute atomic E-state index is 0.0743. The Kier molecular flexibility index (Phi) is 7.44. The number of nitrogens with zero attached hydrogens (tertiary/aromatic N) is 1. The second-order valence-electron chi connectivity index (χ2n) is 21.3. The molecular formula is C57H57NO. The lowest BCUT2D eigenvalue weighted by Crippen LogP contribution is -2.56. The monoisotopic (exact) mass is 771 g/mol. The smallest absolute Gasteiger partial charge is 0.132 e. The lowest BCUT2D eigenvalue weighted by atomic mass is 9.42. The van der Waals surface area contributed by atoms with Gasteiger partial charge in [-0.1, -0.05) is 120 Å². The number of rotatable bonds is 4. The van der Waals surface area contributed by atoms with Crippen molar-refractivity contribution in [2.24, 2.45) is 23.7 Å². The molecule has 2 nitrogen and oxygen atoms in total. The van der Waals surface area contributed by atoms with Crippen LogP contribution in [0.25, 0.3) is 22.3 Å². The minimum Gasteiger partial charge on any atom is -0.457 e. The van der Waals surface area contributed by atoms with Crippen LogP contribution in [-0.4, -0.2) is 0 Å². The van der Waals surface area contributed by atoms with Crippen molar-refractivity contribution in [3.63, 3.8) is 0 Å². The van der Waals surface area contributed by atoms with Crippen molar-refractivity contribution >= 4 is 17.1 Å². The molecule has 6 aliphatic carbocycles. The SMILES string of the molecule is CC1(C)CCC(C)(C)c2cc(N(c3ccc(-c4ccc5c(c4)Oc4ccccc4C54C5CC6CC(C5)CC4C6)cc3)c3ccc4c(c3)C(C)(C)c3ccccc3-4)ccc21. The fourth-order valence-electron chi connectivity index (χ4n) is 13.9. The summed E-state index contributed by atoms with van der Waals surface area (Å²) in [5, 5.41) is 0. The molecular weight excluding hydrogens is 715 g/mol. The highest BCUT2D eigenvalue weighted by atomic mass is 16.5. The summed E-state index contributed by atoms with van der Waals surface area (Å²) >= 11 is 0. The Hall–Kier alpha value is -5.08. The molecule has 6 aromatic carbocycles. The molecule has 0 radical (unpaired) electrons. The van der Waals surface area contributed by atoms with Crippen molar-refractivity contribution in [3.05, 3.63) is 161 Å². The first kappa shape index (κ1) is 35.8. The van der Waals surface area contributed by atoms with Gasteiger partial charge in [0.15, 0.2) is 0 Å². The molecule has 6 aromatic rings. The molecule has 0 amide bonds. The van der Waals surface area contributed by atoms with Gasteiger partial charge in [-0.3, -0.25) is 0 Å². The minimum atomic E-state index is -0.0798. The Bertz CT molecular complexity index is 2660. The molecule has 4 fully saturated rings. The van der Waals surface area contributed by atoms with E-state index in [2.05, 4.69) is 174 Å². The van der Waals surface area contributed by atoms with Crippen LogP contribution in [0.15, 0.2) is 127 Å². The Labute approximate surface area is 351 Å². The molecule has 1 heterocycles. The summed E-state index contributed by atoms with van der Waals surface area (Å²) in [6.07, 6.45) is 9.34. The van der Waals surface area contributed by atoms with E-state index in [1.165, 1.54) is 118 Å². The highest BCUT2D eigenvalue weighted by Gasteiger charge is 2.61. The van der Waals surface area contributed by atoms with Crippen LogP contribution in [0.5, 0.6) is 11.5 Å². The quantitative estimate of drug-likeness (QED) is 0.177. The van der Waals surface area contributed by atoms with Gasteiger partial charge in [0.25, 0.3) is 0 Å². The first-order chi connectivity index (χ1) is 28.4. The number of benzene rings is 6. The molecule has 1 aliphatic heterocycles. The van der Waals surface area contributed by atoms with Crippen molar-refractivity contribution in [2.75, 3.05) is 4.90 Å². The maximum absolute atomic E-state index is 6.89. The number of ether oxygens (including phenoxy) is 1. The van der Waals surface area contributed by atoms with Crippen LogP contribution in [-0.2, 0) is 21.7 Å². The normalized spacial score (nSPS) is 26.6. The van der Waals surface area contributed by atoms with Gasteiger partial charge in [-0.25, -0.2) is 0 Å². The molecule has 4 bridgehead atoms. The van der Waals surface area contributed by atoms with E-state index in [9.17, 15) is 0 Å². The molecule has 1 spiro atoms. The van der Waals surface area contributed by atoms with E-state index in [4.69, 9.17) is 4.74 Å². The molecule has 0 aromatic heterocycles. The van der Waals surface area contributed by atoms with Crippen molar-refractivity contribution in [3.8, 4) is 33.8 Å². The van der Waals surface area contributed by atoms with Gasteiger partial charge in [0.1, 0.15) is 11.5 Å². The Morgan fingerprint density at radius 3 is 1.71 bits per heavy atom. The van der Waals surface area contributed by atoms with Gasteiger partial charge < -0.3 is 9.64 Å². The molecule has 4 saturated carbocycles. The predicted octanol–water partition coefficient (Wildman–Crippen LogP) is 15.3. The fraction of sp³-hybridized carbons (Fsp3) is 0.368. The van der Waals surface area contributed by atoms with Crippen LogP contribution in [0.4, 0.5) is 17.1 Å². The van der Waals surface area contributed by atoms with E-state index in [1.807, 2.05) is 0 Å². The second kappa shape index (κ2) is 12.2. The van der Waals surface area contributed by atoms with E-state index in [1.54, 1.807) is 0 Å². The van der Waals surface area contributed by atoms with E-state index in [-0.39, 0.29) is 21.7 Å². The standard InChI is InChI=1S/C57H57NO/c1-54(2)25-26-55(3,4)51-34-43(21-24-47(51)54)58(42-20-22-45-44-11-7-8-12-46(44)56(5,6)50(45)33-42)41-18-15-37(16-19-41)38-17-23-49-53(32-38)59-52-14-10-9-13-48(52)57(49)39-28-35-27-36(30-39)31-40(57)29-35/h7-24,32-36,39-40H,25-31H2,1-6H3. The summed E-state index contributed by atoms with van der Waals surface area (Å²) in [4.78, 5) is 2.50. The van der Waals surface area contributed by atoms with Crippen molar-refractivity contribution in [1.82, 2.24) is 0 Å². The second-order valence-corrected chi connectivity index (χ2v) is 21.3. The third-order valence-corrected chi connectivity index (χ3v) is 16.8. The lowest BCUT2D eigenvalue weighted by molar-refractivity contribution is -0.0452. The zero-order chi connectivity index (χ0) is 40.1. The summed E-state index contributed by atoms with van der Waals surface area (Å²) in [6, 6.07) is 49.0. The number of anilines is 3. The number of para-hydroxylation sites is 1. The van der Waals surface area contributed by atoms with Gasteiger partial charge in [-0.05, 0) is 172 Å². The average molecular weight is 772 g/mol. The maximum atomic E-state index is 6.89. The molecule has 0 saturated heterocycles. The summed E-state index contributed by atoms with van der Waals surface area (Å²) < 4.78 is 6.89. The van der Waals surface area contributed by atoms with Crippen LogP contribution < -0.4 is 9.64 Å². The average Bonchev–Trinajstić information content (AvgIpc) is 3.46. The summed E-state index contributed by atoms with van der Waals surface area (Å²) in [6.45, 7) is 14.5. The molecule has 13 rings (SSSR count). The van der Waals surface area contributed by atoms with Crippen LogP contribution >= 0.6 is 0 Å². The van der Waals surface area contributed by atoms with E-state index >= 15 is 0 Å². The molecule has 0 atom stereocenters. The van der Waals surface area contributed by atoms with Crippen LogP contribution in [0, 0.1) is 23.7 Å². The number of fused-ring (bicyclic) bond motifs is 6. The molecule has 296 valence electrons. The predicted molar refractivity (Wildman–Crippen MR) is 244 cm³/mol. The van der Waals surface area contributed by atoms with Crippen LogP contribution in [0.2, 0.25) is 0 Å². The van der Waals surface area contributed by atoms with Gasteiger partial charge in [-0.2, -0.15) is 0 Å². The molecule has 0 unspecified atom stereocenters. The summed E-state index contributed by atoms with van der Waals surface area (Å²) in [5.41, 5.74) is 17.7. The molecule has 59 heavy (non-hydrogen) atoms. The topological polar surface area (TPSA) is 12.5 Å². The first-order valence-corrected chi connectivity index (χ1v) is 22.6. The third kappa shape index (κ3) is 5.04. The van der Waals surface area contributed by atoms with Crippen molar-refractivity contribution < 1.29 is 4.74 Å². The fourth-order valence-corrected chi connectivity index (χ4v) is 13.9. The number of hydrogen-bond acceptors (Lipinski definition) is 2. The summed E-state index contributed by atoms with van der Waals surface area (Å²) in [5.74, 6) is 5.39. The Balaban J connectivity index is 0.959. The lowest BCUT2D eigenvalue weighted by Gasteiger charge is -2.63. The summed E-state index contributed by atoms with van der Waals surface area (Å²) in [7, 11) is 0. The maximum Gasteiger partial charge on any atom is 0.132 e. The van der Waals surface area contributed by atoms with Gasteiger partial charge in [-0.15, -0.1) is 0 Å². The Morgan fingerprint density at radius 1 is 0.441 bits per heavy atom. The van der Waals surface area contributed by atoms with E-state index in [0.717, 1.165) is 23.3 Å². The largest absolute Gasteiger partial charge is 0.457 e. The van der Waals surface area contributed by atoms with Gasteiger partial charge in [0, 0.05) is 39.0 Å². The first-order valence-electron chi connectivity index (χ1n) is 22.6. The van der Waals surface area contributed by atoms with Gasteiger partial charge in [0.2, 0.25) is 0 Å². The van der Waals surface area contributed by atoms with Crippen LogP contribution in [0.1, 0.15) is 120 Å². The highest BCUT2D eigenvalue weighted by Crippen LogP contribution is 2.69. The highest BCUT2D eigenvalue weighted by molar-refractivity contribution is 5.86. The van der Waals surface area contributed by atoms with Crippen molar-refractivity contribution in [2.45, 2.75) is 108 Å². The molecule has 7 aliphatic rings. The van der Waals surface area contributed by atoms with Gasteiger partial charge >= 0.3 is 0 Å². The Morgan fingerprint density at radius 2 is 0.983 bits per heavy atom. The van der Waals surface area contributed by atoms with Gasteiger partial charge in [0.05, 0.1) is 0 Å². The van der Waals surface area contributed by atoms with E-state index < -0.39 is 0 Å². The van der Waals surface area contributed by atoms with E-state index in [0.29, 0.717) is 11.8 Å². The number of hydrogen-bond donors (Lipinski definition) is 0. The van der Waals surface area contributed by atoms with Crippen LogP contribution in [0.3, 0.4) is 0 Å². The third-order valence-electron chi connectivity index (χ3n) is 16.8. The zero-order valence-electron chi connectivity index (χ0n) is 35.7. The molecule has 2 heteroatoms. The van der Waals surface area contributed by atoms with Crippen molar-refractivity contribution in [1.29, 1.82) is 0 Å². The zero-order valence-corrected chi connectivity index (χ0v) is 35.7.